The molecule has 0 fully saturated rings. The van der Waals surface area contributed by atoms with Crippen LogP contribution < -0.4 is 21.9 Å². The number of benzene rings is 1. The van der Waals surface area contributed by atoms with Crippen LogP contribution in [0.2, 0.25) is 0 Å². The fraction of sp³-hybridized carbons (Fsp3) is 0.375. The van der Waals surface area contributed by atoms with Crippen LogP contribution in [0.25, 0.3) is 10.9 Å². The van der Waals surface area contributed by atoms with Gasteiger partial charge in [0.25, 0.3) is 5.56 Å². The third kappa shape index (κ3) is 4.96. The Labute approximate surface area is 150 Å². The Balaban J connectivity index is 2.17. The molecular weight excluding hydrogens is 369 g/mol. The fourth-order valence-electron chi connectivity index (χ4n) is 2.44. The van der Waals surface area contributed by atoms with Crippen molar-refractivity contribution in [3.05, 3.63) is 45.1 Å². The number of aromatic nitrogens is 2. The lowest BCUT2D eigenvalue weighted by atomic mass is 10.2. The highest BCUT2D eigenvalue weighted by Crippen LogP contribution is 2.11. The summed E-state index contributed by atoms with van der Waals surface area (Å²) in [5, 5.41) is 4.01. The standard InChI is InChI=1S/C16H17F3N4O4/c1-2-22-14(26)10-5-3-4-6-11(10)23(15(22)27)8-13(25)20-7-12(24)21-9-16(17,18)19/h3-6H,2,7-9H2,1H3,(H,20,25)(H,21,24). The number of carbonyl (C=O) groups excluding carboxylic acids is 2. The summed E-state index contributed by atoms with van der Waals surface area (Å²) >= 11 is 0. The number of alkyl halides is 3. The van der Waals surface area contributed by atoms with Crippen molar-refractivity contribution in [1.82, 2.24) is 19.8 Å². The molecule has 2 amide bonds. The van der Waals surface area contributed by atoms with Crippen molar-refractivity contribution in [3.63, 3.8) is 0 Å². The largest absolute Gasteiger partial charge is 0.405 e. The summed E-state index contributed by atoms with van der Waals surface area (Å²) in [6.45, 7) is -0.967. The number of fused-ring (bicyclic) bond motifs is 1. The molecule has 0 radical (unpaired) electrons. The number of nitrogens with one attached hydrogen (secondary N) is 2. The Morgan fingerprint density at radius 2 is 1.70 bits per heavy atom. The average molecular weight is 386 g/mol. The van der Waals surface area contributed by atoms with Gasteiger partial charge < -0.3 is 10.6 Å². The third-order valence-corrected chi connectivity index (χ3v) is 3.68. The summed E-state index contributed by atoms with van der Waals surface area (Å²) in [5.74, 6) is -1.78. The van der Waals surface area contributed by atoms with Crippen LogP contribution in [0, 0.1) is 0 Å². The molecule has 8 nitrogen and oxygen atoms in total. The molecule has 2 aromatic rings. The molecule has 0 aliphatic rings. The smallest absolute Gasteiger partial charge is 0.345 e. The normalized spacial score (nSPS) is 11.4. The second kappa shape index (κ2) is 8.06. The van der Waals surface area contributed by atoms with Crippen molar-refractivity contribution in [3.8, 4) is 0 Å². The number of halogens is 3. The first-order valence-electron chi connectivity index (χ1n) is 7.96. The van der Waals surface area contributed by atoms with Crippen molar-refractivity contribution >= 4 is 22.7 Å². The van der Waals surface area contributed by atoms with Crippen LogP contribution >= 0.6 is 0 Å². The molecule has 2 N–H and O–H groups in total. The Bertz CT molecular complexity index is 978. The Morgan fingerprint density at radius 3 is 2.33 bits per heavy atom. The quantitative estimate of drug-likeness (QED) is 0.728. The number of amides is 2. The summed E-state index contributed by atoms with van der Waals surface area (Å²) < 4.78 is 38.1. The van der Waals surface area contributed by atoms with E-state index in [2.05, 4.69) is 5.32 Å². The first kappa shape index (κ1) is 20.2. The lowest BCUT2D eigenvalue weighted by Gasteiger charge is -2.13. The molecule has 0 atom stereocenters. The molecule has 27 heavy (non-hydrogen) atoms. The van der Waals surface area contributed by atoms with E-state index in [1.54, 1.807) is 24.4 Å². The van der Waals surface area contributed by atoms with Gasteiger partial charge in [0.15, 0.2) is 0 Å². The van der Waals surface area contributed by atoms with E-state index in [0.29, 0.717) is 0 Å². The summed E-state index contributed by atoms with van der Waals surface area (Å²) in [4.78, 5) is 48.1. The van der Waals surface area contributed by atoms with E-state index in [9.17, 15) is 32.3 Å². The maximum absolute atomic E-state index is 12.5. The molecule has 146 valence electrons. The van der Waals surface area contributed by atoms with Crippen LogP contribution in [0.1, 0.15) is 6.92 Å². The van der Waals surface area contributed by atoms with Gasteiger partial charge in [-0.2, -0.15) is 13.2 Å². The van der Waals surface area contributed by atoms with Crippen molar-refractivity contribution in [2.45, 2.75) is 26.2 Å². The monoisotopic (exact) mass is 386 g/mol. The molecule has 2 rings (SSSR count). The molecule has 0 bridgehead atoms. The van der Waals surface area contributed by atoms with Crippen molar-refractivity contribution < 1.29 is 22.8 Å². The molecule has 0 aliphatic heterocycles. The maximum Gasteiger partial charge on any atom is 0.405 e. The molecule has 0 aliphatic carbocycles. The van der Waals surface area contributed by atoms with Crippen molar-refractivity contribution in [1.29, 1.82) is 0 Å². The van der Waals surface area contributed by atoms with E-state index in [1.807, 2.05) is 0 Å². The number of rotatable bonds is 6. The number of hydrogen-bond donors (Lipinski definition) is 2. The predicted octanol–water partition coefficient (Wildman–Crippen LogP) is -0.0222. The van der Waals surface area contributed by atoms with Crippen molar-refractivity contribution in [2.75, 3.05) is 13.1 Å². The summed E-state index contributed by atoms with van der Waals surface area (Å²) in [5.41, 5.74) is -0.937. The van der Waals surface area contributed by atoms with Gasteiger partial charge >= 0.3 is 11.9 Å². The summed E-state index contributed by atoms with van der Waals surface area (Å²) in [6.07, 6.45) is -4.56. The van der Waals surface area contributed by atoms with Crippen LogP contribution in [0.3, 0.4) is 0 Å². The van der Waals surface area contributed by atoms with E-state index in [1.165, 1.54) is 12.1 Å². The van der Waals surface area contributed by atoms with Crippen LogP contribution in [-0.4, -0.2) is 40.2 Å². The van der Waals surface area contributed by atoms with Gasteiger partial charge in [-0.25, -0.2) is 4.79 Å². The Kier molecular flexibility index (Phi) is 6.03. The minimum Gasteiger partial charge on any atom is -0.345 e. The van der Waals surface area contributed by atoms with Gasteiger partial charge in [0.2, 0.25) is 11.8 Å². The molecule has 0 saturated carbocycles. The summed E-state index contributed by atoms with van der Waals surface area (Å²) in [7, 11) is 0. The number of para-hydroxylation sites is 1. The lowest BCUT2D eigenvalue weighted by molar-refractivity contribution is -0.138. The van der Waals surface area contributed by atoms with E-state index in [0.717, 1.165) is 9.13 Å². The zero-order valence-corrected chi connectivity index (χ0v) is 14.3. The number of nitrogens with zero attached hydrogens (tertiary/aromatic N) is 2. The highest BCUT2D eigenvalue weighted by molar-refractivity contribution is 5.85. The van der Waals surface area contributed by atoms with Crippen LogP contribution in [0.4, 0.5) is 13.2 Å². The molecule has 0 saturated heterocycles. The molecule has 1 aromatic carbocycles. The first-order valence-corrected chi connectivity index (χ1v) is 7.96. The van der Waals surface area contributed by atoms with Gasteiger partial charge in [0, 0.05) is 6.54 Å². The van der Waals surface area contributed by atoms with Gasteiger partial charge in [-0.1, -0.05) is 12.1 Å². The van der Waals surface area contributed by atoms with Gasteiger partial charge in [0.1, 0.15) is 13.1 Å². The average Bonchev–Trinajstić information content (AvgIpc) is 2.61. The Morgan fingerprint density at radius 1 is 1.04 bits per heavy atom. The zero-order chi connectivity index (χ0) is 20.2. The van der Waals surface area contributed by atoms with Gasteiger partial charge in [-0.15, -0.1) is 0 Å². The van der Waals surface area contributed by atoms with Gasteiger partial charge in [0.05, 0.1) is 17.4 Å². The molecule has 0 spiro atoms. The first-order chi connectivity index (χ1) is 12.6. The van der Waals surface area contributed by atoms with Crippen LogP contribution in [0.5, 0.6) is 0 Å². The minimum absolute atomic E-state index is 0.101. The number of carbonyl (C=O) groups is 2. The van der Waals surface area contributed by atoms with E-state index < -0.39 is 48.9 Å². The van der Waals surface area contributed by atoms with Crippen LogP contribution in [0.15, 0.2) is 33.9 Å². The maximum atomic E-state index is 12.5. The second-order valence-corrected chi connectivity index (χ2v) is 5.60. The number of hydrogen-bond acceptors (Lipinski definition) is 4. The molecule has 1 heterocycles. The molecule has 1 aromatic heterocycles. The molecule has 0 unspecified atom stereocenters. The van der Waals surface area contributed by atoms with E-state index in [-0.39, 0.29) is 17.4 Å². The molecule has 11 heteroatoms. The summed E-state index contributed by atoms with van der Waals surface area (Å²) in [6, 6.07) is 6.23. The highest BCUT2D eigenvalue weighted by atomic mass is 19.4. The lowest BCUT2D eigenvalue weighted by Crippen LogP contribution is -2.44. The highest BCUT2D eigenvalue weighted by Gasteiger charge is 2.27. The predicted molar refractivity (Wildman–Crippen MR) is 90.2 cm³/mol. The minimum atomic E-state index is -4.56. The topological polar surface area (TPSA) is 102 Å². The Hall–Kier alpha value is -3.11. The molecular formula is C16H17F3N4O4. The fourth-order valence-corrected chi connectivity index (χ4v) is 2.44. The van der Waals surface area contributed by atoms with Gasteiger partial charge in [-0.3, -0.25) is 23.5 Å². The third-order valence-electron chi connectivity index (χ3n) is 3.68. The zero-order valence-electron chi connectivity index (χ0n) is 14.3. The van der Waals surface area contributed by atoms with Crippen LogP contribution in [-0.2, 0) is 22.7 Å². The second-order valence-electron chi connectivity index (χ2n) is 5.60. The van der Waals surface area contributed by atoms with E-state index >= 15 is 0 Å². The van der Waals surface area contributed by atoms with Gasteiger partial charge in [-0.05, 0) is 19.1 Å². The SMILES string of the molecule is CCn1c(=O)c2ccccc2n(CC(=O)NCC(=O)NCC(F)(F)F)c1=O. The van der Waals surface area contributed by atoms with E-state index in [4.69, 9.17) is 0 Å². The van der Waals surface area contributed by atoms with Crippen molar-refractivity contribution in [2.24, 2.45) is 0 Å².